The molecule has 4 rings (SSSR count). The predicted octanol–water partition coefficient (Wildman–Crippen LogP) is 6.74. The number of carbonyl (C=O) groups excluding carboxylic acids is 1. The number of hydrogen-bond donors (Lipinski definition) is 2. The molecule has 0 aliphatic heterocycles. The highest BCUT2D eigenvalue weighted by molar-refractivity contribution is 7.98. The second kappa shape index (κ2) is 9.77. The summed E-state index contributed by atoms with van der Waals surface area (Å²) < 4.78 is 24.8. The average Bonchev–Trinajstić information content (AvgIpc) is 3.24. The molecule has 0 saturated carbocycles. The van der Waals surface area contributed by atoms with Crippen LogP contribution < -0.4 is 14.8 Å². The third-order valence-corrected chi connectivity index (χ3v) is 6.28. The molecule has 33 heavy (non-hydrogen) atoms. The lowest BCUT2D eigenvalue weighted by Crippen LogP contribution is -2.22. The van der Waals surface area contributed by atoms with E-state index in [9.17, 15) is 9.18 Å². The number of H-pyrrole nitrogens is 1. The van der Waals surface area contributed by atoms with Crippen LogP contribution in [0.1, 0.15) is 22.0 Å². The first-order chi connectivity index (χ1) is 15.9. The highest BCUT2D eigenvalue weighted by atomic mass is 35.5. The molecule has 0 amide bonds. The Hall–Kier alpha value is -3.16. The molecule has 1 unspecified atom stereocenters. The van der Waals surface area contributed by atoms with Crippen molar-refractivity contribution in [3.05, 3.63) is 82.8 Å². The molecular formula is C25H22ClFN2O3S. The molecule has 0 bridgehead atoms. The number of halogens is 2. The van der Waals surface area contributed by atoms with Crippen LogP contribution >= 0.6 is 23.4 Å². The highest BCUT2D eigenvalue weighted by Gasteiger charge is 2.28. The molecule has 1 heterocycles. The van der Waals surface area contributed by atoms with Gasteiger partial charge in [-0.1, -0.05) is 17.7 Å². The van der Waals surface area contributed by atoms with Gasteiger partial charge >= 0.3 is 0 Å². The van der Waals surface area contributed by atoms with Crippen molar-refractivity contribution in [2.45, 2.75) is 10.9 Å². The number of fused-ring (bicyclic) bond motifs is 1. The van der Waals surface area contributed by atoms with Crippen LogP contribution in [-0.4, -0.2) is 31.2 Å². The van der Waals surface area contributed by atoms with Gasteiger partial charge in [-0.3, -0.25) is 4.79 Å². The molecule has 3 aromatic carbocycles. The molecular weight excluding hydrogens is 463 g/mol. The summed E-state index contributed by atoms with van der Waals surface area (Å²) in [6.45, 7) is 0. The molecule has 4 aromatic rings. The monoisotopic (exact) mass is 484 g/mol. The van der Waals surface area contributed by atoms with Gasteiger partial charge in [-0.15, -0.1) is 11.8 Å². The predicted molar refractivity (Wildman–Crippen MR) is 132 cm³/mol. The minimum absolute atomic E-state index is 0.206. The van der Waals surface area contributed by atoms with Crippen molar-refractivity contribution >= 4 is 45.7 Å². The van der Waals surface area contributed by atoms with Gasteiger partial charge in [0.2, 0.25) is 0 Å². The van der Waals surface area contributed by atoms with Crippen LogP contribution in [0.4, 0.5) is 10.1 Å². The zero-order chi connectivity index (χ0) is 23.5. The maximum absolute atomic E-state index is 13.9. The summed E-state index contributed by atoms with van der Waals surface area (Å²) in [6.07, 6.45) is 3.62. The molecule has 1 aromatic heterocycles. The number of hydrogen-bond acceptors (Lipinski definition) is 5. The number of aromatic amines is 1. The summed E-state index contributed by atoms with van der Waals surface area (Å²) in [5.74, 6) is 0.275. The van der Waals surface area contributed by atoms with Crippen molar-refractivity contribution in [1.82, 2.24) is 4.98 Å². The van der Waals surface area contributed by atoms with Crippen molar-refractivity contribution < 1.29 is 18.7 Å². The van der Waals surface area contributed by atoms with Gasteiger partial charge in [0.15, 0.2) is 5.78 Å². The van der Waals surface area contributed by atoms with Gasteiger partial charge in [0.25, 0.3) is 0 Å². The lowest BCUT2D eigenvalue weighted by molar-refractivity contribution is 0.0970. The van der Waals surface area contributed by atoms with Crippen LogP contribution in [0.15, 0.2) is 65.7 Å². The molecule has 0 radical (unpaired) electrons. The molecule has 8 heteroatoms. The smallest absolute Gasteiger partial charge is 0.191 e. The van der Waals surface area contributed by atoms with Gasteiger partial charge < -0.3 is 19.8 Å². The fourth-order valence-electron chi connectivity index (χ4n) is 3.72. The number of aromatic nitrogens is 1. The largest absolute Gasteiger partial charge is 0.497 e. The molecule has 2 N–H and O–H groups in total. The Morgan fingerprint density at radius 3 is 2.64 bits per heavy atom. The van der Waals surface area contributed by atoms with E-state index in [0.717, 1.165) is 15.8 Å². The normalized spacial score (nSPS) is 11.9. The standard InChI is InChI=1S/C25H22ClFN2O3S/c1-31-17-10-16(11-18(12-17)33-3)29-24(20-7-5-15(27)9-23(20)32-2)25(30)21-13-28-22-8-14(26)4-6-19(21)22/h4-13,24,28-29H,1-3H3. The molecule has 0 fully saturated rings. The summed E-state index contributed by atoms with van der Waals surface area (Å²) in [5.41, 5.74) is 2.44. The van der Waals surface area contributed by atoms with Crippen LogP contribution in [0, 0.1) is 5.82 Å². The fraction of sp³-hybridized carbons (Fsp3) is 0.160. The number of benzene rings is 3. The van der Waals surface area contributed by atoms with Crippen molar-refractivity contribution in [2.24, 2.45) is 0 Å². The number of carbonyl (C=O) groups is 1. The highest BCUT2D eigenvalue weighted by Crippen LogP contribution is 2.35. The van der Waals surface area contributed by atoms with Crippen LogP contribution in [0.5, 0.6) is 11.5 Å². The van der Waals surface area contributed by atoms with Crippen LogP contribution in [0.25, 0.3) is 10.9 Å². The van der Waals surface area contributed by atoms with Gasteiger partial charge in [-0.05, 0) is 42.7 Å². The molecule has 170 valence electrons. The van der Waals surface area contributed by atoms with E-state index >= 15 is 0 Å². The van der Waals surface area contributed by atoms with E-state index in [1.807, 2.05) is 24.5 Å². The number of nitrogens with one attached hydrogen (secondary N) is 2. The quantitative estimate of drug-likeness (QED) is 0.214. The fourth-order valence-corrected chi connectivity index (χ4v) is 4.37. The lowest BCUT2D eigenvalue weighted by Gasteiger charge is -2.22. The zero-order valence-corrected chi connectivity index (χ0v) is 19.8. The maximum Gasteiger partial charge on any atom is 0.191 e. The summed E-state index contributed by atoms with van der Waals surface area (Å²) in [5, 5.41) is 4.63. The van der Waals surface area contributed by atoms with Gasteiger partial charge in [-0.2, -0.15) is 0 Å². The van der Waals surface area contributed by atoms with Crippen LogP contribution in [0.2, 0.25) is 5.02 Å². The number of rotatable bonds is 8. The second-order valence-corrected chi connectivity index (χ2v) is 8.64. The Kier molecular flexibility index (Phi) is 6.81. The van der Waals surface area contributed by atoms with Crippen molar-refractivity contribution in [1.29, 1.82) is 0 Å². The van der Waals surface area contributed by atoms with Gasteiger partial charge in [0.1, 0.15) is 23.4 Å². The number of ketones is 1. The molecule has 0 aliphatic rings. The van der Waals surface area contributed by atoms with Crippen molar-refractivity contribution in [3.8, 4) is 11.5 Å². The molecule has 0 saturated heterocycles. The van der Waals surface area contributed by atoms with E-state index in [1.54, 1.807) is 49.3 Å². The number of anilines is 1. The average molecular weight is 485 g/mol. The Bertz CT molecular complexity index is 1300. The van der Waals surface area contributed by atoms with Gasteiger partial charge in [0.05, 0.1) is 14.2 Å². The zero-order valence-electron chi connectivity index (χ0n) is 18.2. The summed E-state index contributed by atoms with van der Waals surface area (Å²) in [7, 11) is 3.04. The number of Topliss-reactive ketones (excluding diaryl/α,β-unsaturated/α-hetero) is 1. The second-order valence-electron chi connectivity index (χ2n) is 7.32. The first kappa shape index (κ1) is 23.0. The van der Waals surface area contributed by atoms with Gasteiger partial charge in [0, 0.05) is 56.0 Å². The van der Waals surface area contributed by atoms with E-state index in [-0.39, 0.29) is 11.5 Å². The molecule has 5 nitrogen and oxygen atoms in total. The number of thioether (sulfide) groups is 1. The third-order valence-electron chi connectivity index (χ3n) is 5.34. The van der Waals surface area contributed by atoms with Crippen molar-refractivity contribution in [3.63, 3.8) is 0 Å². The third kappa shape index (κ3) is 4.79. The molecule has 0 aliphatic carbocycles. The number of ether oxygens (including phenoxy) is 2. The summed E-state index contributed by atoms with van der Waals surface area (Å²) >= 11 is 7.66. The first-order valence-electron chi connectivity index (χ1n) is 10.1. The van der Waals surface area contributed by atoms with E-state index in [0.29, 0.717) is 27.6 Å². The summed E-state index contributed by atoms with van der Waals surface area (Å²) in [4.78, 5) is 17.9. The van der Waals surface area contributed by atoms with E-state index in [2.05, 4.69) is 10.3 Å². The molecule has 1 atom stereocenters. The van der Waals surface area contributed by atoms with E-state index in [1.165, 1.54) is 19.2 Å². The summed E-state index contributed by atoms with van der Waals surface area (Å²) in [6, 6.07) is 14.3. The van der Waals surface area contributed by atoms with Gasteiger partial charge in [-0.25, -0.2) is 4.39 Å². The Labute approximate surface area is 200 Å². The van der Waals surface area contributed by atoms with E-state index < -0.39 is 11.9 Å². The Morgan fingerprint density at radius 1 is 1.09 bits per heavy atom. The molecule has 0 spiro atoms. The van der Waals surface area contributed by atoms with Crippen LogP contribution in [-0.2, 0) is 0 Å². The van der Waals surface area contributed by atoms with Crippen molar-refractivity contribution in [2.75, 3.05) is 25.8 Å². The van der Waals surface area contributed by atoms with E-state index in [4.69, 9.17) is 21.1 Å². The minimum atomic E-state index is -0.850. The topological polar surface area (TPSA) is 63.3 Å². The SMILES string of the molecule is COc1cc(NC(C(=O)c2c[nH]c3cc(Cl)ccc23)c2ccc(F)cc2OC)cc(SC)c1. The first-order valence-corrected chi connectivity index (χ1v) is 11.7. The number of methoxy groups -OCH3 is 2. The maximum atomic E-state index is 13.9. The minimum Gasteiger partial charge on any atom is -0.497 e. The Balaban J connectivity index is 1.83. The Morgan fingerprint density at radius 2 is 1.91 bits per heavy atom. The lowest BCUT2D eigenvalue weighted by atomic mass is 9.95. The van der Waals surface area contributed by atoms with Crippen LogP contribution in [0.3, 0.4) is 0 Å².